The number of carbonyl (C=O) groups excluding carboxylic acids is 2. The summed E-state index contributed by atoms with van der Waals surface area (Å²) in [6.45, 7) is 3.44. The molecule has 0 atom stereocenters. The van der Waals surface area contributed by atoms with Crippen LogP contribution in [-0.4, -0.2) is 40.0 Å². The second-order valence-electron chi connectivity index (χ2n) is 4.57. The quantitative estimate of drug-likeness (QED) is 0.443. The Kier molecular flexibility index (Phi) is 5.66. The molecule has 2 aromatic rings. The SMILES string of the molecule is CCOC(=O)Oc1cn(-c2ccc([N+](=O)[O-])cc2)nc1C(=O)OCC. The van der Waals surface area contributed by atoms with Crippen LogP contribution in [0.25, 0.3) is 5.69 Å². The highest BCUT2D eigenvalue weighted by Crippen LogP contribution is 2.22. The number of nitrogens with zero attached hydrogens (tertiary/aromatic N) is 3. The van der Waals surface area contributed by atoms with E-state index in [1.807, 2.05) is 0 Å². The Bertz CT molecular complexity index is 783. The van der Waals surface area contributed by atoms with E-state index in [1.165, 1.54) is 35.1 Å². The molecule has 0 aliphatic carbocycles. The third kappa shape index (κ3) is 4.31. The monoisotopic (exact) mass is 349 g/mol. The number of esters is 1. The summed E-state index contributed by atoms with van der Waals surface area (Å²) in [5, 5.41) is 14.7. The Balaban J connectivity index is 2.36. The molecule has 10 heteroatoms. The summed E-state index contributed by atoms with van der Waals surface area (Å²) in [7, 11) is 0. The molecular formula is C15H15N3O7. The maximum Gasteiger partial charge on any atom is 0.513 e. The molecule has 0 saturated carbocycles. The van der Waals surface area contributed by atoms with Gasteiger partial charge in [-0.15, -0.1) is 0 Å². The van der Waals surface area contributed by atoms with Crippen molar-refractivity contribution in [3.63, 3.8) is 0 Å². The molecule has 0 aliphatic rings. The van der Waals surface area contributed by atoms with Crippen molar-refractivity contribution in [3.05, 3.63) is 46.3 Å². The largest absolute Gasteiger partial charge is 0.513 e. The predicted molar refractivity (Wildman–Crippen MR) is 83.8 cm³/mol. The van der Waals surface area contributed by atoms with Gasteiger partial charge in [-0.3, -0.25) is 10.1 Å². The molecule has 132 valence electrons. The van der Waals surface area contributed by atoms with Gasteiger partial charge in [0, 0.05) is 12.1 Å². The van der Waals surface area contributed by atoms with E-state index in [9.17, 15) is 19.7 Å². The average molecular weight is 349 g/mol. The first-order valence-corrected chi connectivity index (χ1v) is 7.32. The van der Waals surface area contributed by atoms with Crippen LogP contribution < -0.4 is 4.74 Å². The van der Waals surface area contributed by atoms with Gasteiger partial charge >= 0.3 is 12.1 Å². The third-order valence-electron chi connectivity index (χ3n) is 2.93. The van der Waals surface area contributed by atoms with E-state index in [0.717, 1.165) is 0 Å². The minimum absolute atomic E-state index is 0.0930. The van der Waals surface area contributed by atoms with E-state index >= 15 is 0 Å². The predicted octanol–water partition coefficient (Wildman–Crippen LogP) is 2.49. The smallest absolute Gasteiger partial charge is 0.461 e. The van der Waals surface area contributed by atoms with Crippen LogP contribution in [0.4, 0.5) is 10.5 Å². The highest BCUT2D eigenvalue weighted by Gasteiger charge is 2.23. The molecule has 0 spiro atoms. The summed E-state index contributed by atoms with van der Waals surface area (Å²) in [5.74, 6) is -0.919. The Morgan fingerprint density at radius 2 is 1.80 bits per heavy atom. The summed E-state index contributed by atoms with van der Waals surface area (Å²) in [6, 6.07) is 5.45. The molecule has 1 heterocycles. The van der Waals surface area contributed by atoms with Crippen molar-refractivity contribution in [1.82, 2.24) is 9.78 Å². The lowest BCUT2D eigenvalue weighted by Gasteiger charge is -2.03. The number of ether oxygens (including phenoxy) is 3. The number of aromatic nitrogens is 2. The van der Waals surface area contributed by atoms with Gasteiger partial charge in [0.1, 0.15) is 0 Å². The number of hydrogen-bond acceptors (Lipinski definition) is 8. The van der Waals surface area contributed by atoms with Crippen molar-refractivity contribution in [2.75, 3.05) is 13.2 Å². The lowest BCUT2D eigenvalue weighted by Crippen LogP contribution is -2.13. The Morgan fingerprint density at radius 1 is 1.16 bits per heavy atom. The summed E-state index contributed by atoms with van der Waals surface area (Å²) < 4.78 is 15.8. The molecule has 0 aliphatic heterocycles. The minimum Gasteiger partial charge on any atom is -0.461 e. The normalized spacial score (nSPS) is 10.2. The third-order valence-corrected chi connectivity index (χ3v) is 2.93. The maximum atomic E-state index is 12.0. The van der Waals surface area contributed by atoms with Crippen molar-refractivity contribution >= 4 is 17.8 Å². The molecular weight excluding hydrogens is 334 g/mol. The van der Waals surface area contributed by atoms with Gasteiger partial charge in [0.25, 0.3) is 5.69 Å². The zero-order valence-corrected chi connectivity index (χ0v) is 13.5. The molecule has 2 rings (SSSR count). The number of rotatable bonds is 6. The van der Waals surface area contributed by atoms with Gasteiger partial charge in [-0.1, -0.05) is 0 Å². The van der Waals surface area contributed by atoms with Crippen LogP contribution >= 0.6 is 0 Å². The first-order chi connectivity index (χ1) is 12.0. The molecule has 25 heavy (non-hydrogen) atoms. The number of non-ortho nitro benzene ring substituents is 1. The highest BCUT2D eigenvalue weighted by atomic mass is 16.7. The molecule has 0 fully saturated rings. The van der Waals surface area contributed by atoms with E-state index in [0.29, 0.717) is 5.69 Å². The van der Waals surface area contributed by atoms with E-state index in [4.69, 9.17) is 9.47 Å². The van der Waals surface area contributed by atoms with Crippen molar-refractivity contribution < 1.29 is 28.7 Å². The van der Waals surface area contributed by atoms with Crippen LogP contribution in [0, 0.1) is 10.1 Å². The zero-order valence-electron chi connectivity index (χ0n) is 13.5. The molecule has 0 bridgehead atoms. The summed E-state index contributed by atoms with van der Waals surface area (Å²) in [4.78, 5) is 33.6. The second-order valence-corrected chi connectivity index (χ2v) is 4.57. The molecule has 0 saturated heterocycles. The van der Waals surface area contributed by atoms with E-state index in [-0.39, 0.29) is 30.3 Å². The highest BCUT2D eigenvalue weighted by molar-refractivity contribution is 5.91. The number of hydrogen-bond donors (Lipinski definition) is 0. The van der Waals surface area contributed by atoms with Crippen LogP contribution in [0.15, 0.2) is 30.5 Å². The van der Waals surface area contributed by atoms with Gasteiger partial charge in [0.05, 0.1) is 30.0 Å². The van der Waals surface area contributed by atoms with E-state index in [1.54, 1.807) is 13.8 Å². The summed E-state index contributed by atoms with van der Waals surface area (Å²) in [6.07, 6.45) is 0.293. The average Bonchev–Trinajstić information content (AvgIpc) is 2.99. The van der Waals surface area contributed by atoms with Gasteiger partial charge in [-0.2, -0.15) is 5.10 Å². The Hall–Kier alpha value is -3.43. The van der Waals surface area contributed by atoms with Crippen molar-refractivity contribution in [2.24, 2.45) is 0 Å². The first kappa shape index (κ1) is 17.9. The van der Waals surface area contributed by atoms with Crippen molar-refractivity contribution in [3.8, 4) is 11.4 Å². The Labute approximate surface area is 142 Å². The fraction of sp³-hybridized carbons (Fsp3) is 0.267. The fourth-order valence-electron chi connectivity index (χ4n) is 1.87. The molecule has 1 aromatic heterocycles. The molecule has 0 unspecified atom stereocenters. The number of nitro groups is 1. The van der Waals surface area contributed by atoms with E-state index < -0.39 is 17.0 Å². The van der Waals surface area contributed by atoms with Gasteiger partial charge in [0.2, 0.25) is 5.69 Å². The van der Waals surface area contributed by atoms with Crippen LogP contribution in [-0.2, 0) is 9.47 Å². The standard InChI is InChI=1S/C15H15N3O7/c1-3-23-14(19)13-12(25-15(20)24-4-2)9-17(16-13)10-5-7-11(8-6-10)18(21)22/h5-9H,3-4H2,1-2H3. The lowest BCUT2D eigenvalue weighted by atomic mass is 10.3. The van der Waals surface area contributed by atoms with Gasteiger partial charge in [-0.25, -0.2) is 14.3 Å². The van der Waals surface area contributed by atoms with E-state index in [2.05, 4.69) is 9.84 Å². The molecule has 10 nitrogen and oxygen atoms in total. The second kappa shape index (κ2) is 7.90. The van der Waals surface area contributed by atoms with Crippen LogP contribution in [0.1, 0.15) is 24.3 Å². The lowest BCUT2D eigenvalue weighted by molar-refractivity contribution is -0.384. The Morgan fingerprint density at radius 3 is 2.36 bits per heavy atom. The molecule has 1 aromatic carbocycles. The first-order valence-electron chi connectivity index (χ1n) is 7.32. The molecule has 0 radical (unpaired) electrons. The zero-order chi connectivity index (χ0) is 18.4. The van der Waals surface area contributed by atoms with Crippen molar-refractivity contribution in [1.29, 1.82) is 0 Å². The van der Waals surface area contributed by atoms with Crippen LogP contribution in [0.2, 0.25) is 0 Å². The minimum atomic E-state index is -0.990. The maximum absolute atomic E-state index is 12.0. The fourth-order valence-corrected chi connectivity index (χ4v) is 1.87. The number of benzene rings is 1. The van der Waals surface area contributed by atoms with Gasteiger partial charge < -0.3 is 14.2 Å². The topological polar surface area (TPSA) is 123 Å². The summed E-state index contributed by atoms with van der Waals surface area (Å²) in [5.41, 5.74) is 0.118. The van der Waals surface area contributed by atoms with Crippen LogP contribution in [0.3, 0.4) is 0 Å². The van der Waals surface area contributed by atoms with Gasteiger partial charge in [0.15, 0.2) is 5.75 Å². The number of carbonyl (C=O) groups is 2. The number of nitro benzene ring substituents is 1. The molecule has 0 N–H and O–H groups in total. The van der Waals surface area contributed by atoms with Crippen LogP contribution in [0.5, 0.6) is 5.75 Å². The summed E-state index contributed by atoms with van der Waals surface area (Å²) >= 11 is 0. The van der Waals surface area contributed by atoms with Crippen molar-refractivity contribution in [2.45, 2.75) is 13.8 Å². The molecule has 0 amide bonds. The van der Waals surface area contributed by atoms with Gasteiger partial charge in [-0.05, 0) is 26.0 Å².